The maximum atomic E-state index is 3.34. The summed E-state index contributed by atoms with van der Waals surface area (Å²) < 4.78 is 0. The molecule has 13 heavy (non-hydrogen) atoms. The van der Waals surface area contributed by atoms with Gasteiger partial charge >= 0.3 is 0 Å². The van der Waals surface area contributed by atoms with E-state index in [2.05, 4.69) is 38.0 Å². The van der Waals surface area contributed by atoms with E-state index in [1.807, 2.05) is 0 Å². The maximum absolute atomic E-state index is 3.34. The van der Waals surface area contributed by atoms with Crippen LogP contribution >= 0.6 is 0 Å². The van der Waals surface area contributed by atoms with Gasteiger partial charge in [0.2, 0.25) is 0 Å². The lowest BCUT2D eigenvalue weighted by molar-refractivity contribution is 0.289. The Hall–Kier alpha value is -0.0800. The SMILES string of the molecule is CCC(CCCN(CC)CC)NC. The first-order valence-corrected chi connectivity index (χ1v) is 5.68. The summed E-state index contributed by atoms with van der Waals surface area (Å²) in [7, 11) is 2.06. The number of nitrogens with one attached hydrogen (secondary N) is 1. The van der Waals surface area contributed by atoms with Crippen LogP contribution in [-0.4, -0.2) is 37.6 Å². The van der Waals surface area contributed by atoms with Crippen molar-refractivity contribution in [3.05, 3.63) is 0 Å². The molecule has 1 N–H and O–H groups in total. The predicted octanol–water partition coefficient (Wildman–Crippen LogP) is 2.11. The molecule has 0 bridgehead atoms. The molecule has 1 atom stereocenters. The fourth-order valence-corrected chi connectivity index (χ4v) is 1.65. The second-order valence-electron chi connectivity index (χ2n) is 3.56. The van der Waals surface area contributed by atoms with Gasteiger partial charge in [-0.25, -0.2) is 0 Å². The van der Waals surface area contributed by atoms with E-state index in [1.165, 1.54) is 38.9 Å². The third kappa shape index (κ3) is 6.05. The van der Waals surface area contributed by atoms with Gasteiger partial charge in [0, 0.05) is 6.04 Å². The average molecular weight is 186 g/mol. The molecule has 0 saturated heterocycles. The second kappa shape index (κ2) is 8.52. The highest BCUT2D eigenvalue weighted by atomic mass is 15.1. The van der Waals surface area contributed by atoms with Gasteiger partial charge in [-0.2, -0.15) is 0 Å². The Morgan fingerprint density at radius 2 is 1.77 bits per heavy atom. The smallest absolute Gasteiger partial charge is 0.00619 e. The minimum Gasteiger partial charge on any atom is -0.317 e. The first-order valence-electron chi connectivity index (χ1n) is 5.68. The number of rotatable bonds is 8. The number of hydrogen-bond donors (Lipinski definition) is 1. The summed E-state index contributed by atoms with van der Waals surface area (Å²) in [6, 6.07) is 0.718. The number of hydrogen-bond acceptors (Lipinski definition) is 2. The standard InChI is InChI=1S/C11H26N2/c1-5-11(12-4)9-8-10-13(6-2)7-3/h11-12H,5-10H2,1-4H3. The van der Waals surface area contributed by atoms with Crippen LogP contribution in [0.1, 0.15) is 40.0 Å². The molecular formula is C11H26N2. The lowest BCUT2D eigenvalue weighted by Crippen LogP contribution is -2.28. The molecule has 0 heterocycles. The number of nitrogens with zero attached hydrogens (tertiary/aromatic N) is 1. The molecule has 2 heteroatoms. The first-order chi connectivity index (χ1) is 6.28. The monoisotopic (exact) mass is 186 g/mol. The molecule has 2 nitrogen and oxygen atoms in total. The largest absolute Gasteiger partial charge is 0.317 e. The van der Waals surface area contributed by atoms with Gasteiger partial charge in [0.25, 0.3) is 0 Å². The quantitative estimate of drug-likeness (QED) is 0.624. The van der Waals surface area contributed by atoms with Crippen molar-refractivity contribution in [1.82, 2.24) is 10.2 Å². The maximum Gasteiger partial charge on any atom is 0.00619 e. The predicted molar refractivity (Wildman–Crippen MR) is 60.2 cm³/mol. The highest BCUT2D eigenvalue weighted by molar-refractivity contribution is 4.63. The van der Waals surface area contributed by atoms with Crippen LogP contribution in [0.5, 0.6) is 0 Å². The zero-order valence-corrected chi connectivity index (χ0v) is 9.77. The summed E-state index contributed by atoms with van der Waals surface area (Å²) in [5.41, 5.74) is 0. The summed E-state index contributed by atoms with van der Waals surface area (Å²) in [5, 5.41) is 3.34. The van der Waals surface area contributed by atoms with Crippen LogP contribution in [0.4, 0.5) is 0 Å². The molecule has 0 amide bonds. The summed E-state index contributed by atoms with van der Waals surface area (Å²) >= 11 is 0. The molecule has 80 valence electrons. The van der Waals surface area contributed by atoms with Gasteiger partial charge in [-0.1, -0.05) is 20.8 Å². The van der Waals surface area contributed by atoms with Crippen molar-refractivity contribution in [2.45, 2.75) is 46.1 Å². The Morgan fingerprint density at radius 3 is 2.15 bits per heavy atom. The van der Waals surface area contributed by atoms with Crippen molar-refractivity contribution in [2.75, 3.05) is 26.7 Å². The van der Waals surface area contributed by atoms with Crippen molar-refractivity contribution >= 4 is 0 Å². The van der Waals surface area contributed by atoms with Crippen LogP contribution in [0.2, 0.25) is 0 Å². The molecule has 0 radical (unpaired) electrons. The van der Waals surface area contributed by atoms with Gasteiger partial charge in [0.15, 0.2) is 0 Å². The summed E-state index contributed by atoms with van der Waals surface area (Å²) in [6.07, 6.45) is 3.87. The van der Waals surface area contributed by atoms with Crippen molar-refractivity contribution < 1.29 is 0 Å². The van der Waals surface area contributed by atoms with E-state index in [0.29, 0.717) is 0 Å². The van der Waals surface area contributed by atoms with Crippen LogP contribution in [0.25, 0.3) is 0 Å². The van der Waals surface area contributed by atoms with Gasteiger partial charge in [-0.3, -0.25) is 0 Å². The highest BCUT2D eigenvalue weighted by Gasteiger charge is 2.03. The van der Waals surface area contributed by atoms with E-state index >= 15 is 0 Å². The summed E-state index contributed by atoms with van der Waals surface area (Å²) in [6.45, 7) is 10.3. The average Bonchev–Trinajstić information content (AvgIpc) is 2.19. The Labute approximate surface area is 83.7 Å². The Morgan fingerprint density at radius 1 is 1.15 bits per heavy atom. The third-order valence-corrected chi connectivity index (χ3v) is 2.82. The van der Waals surface area contributed by atoms with Gasteiger partial charge in [-0.05, 0) is 45.9 Å². The Balaban J connectivity index is 3.41. The van der Waals surface area contributed by atoms with Crippen molar-refractivity contribution in [3.8, 4) is 0 Å². The van der Waals surface area contributed by atoms with Crippen molar-refractivity contribution in [2.24, 2.45) is 0 Å². The molecule has 1 unspecified atom stereocenters. The normalized spacial score (nSPS) is 13.6. The molecule has 0 aromatic rings. The highest BCUT2D eigenvalue weighted by Crippen LogP contribution is 2.02. The molecule has 0 aliphatic carbocycles. The minimum atomic E-state index is 0.718. The lowest BCUT2D eigenvalue weighted by Gasteiger charge is -2.19. The minimum absolute atomic E-state index is 0.718. The van der Waals surface area contributed by atoms with Crippen molar-refractivity contribution in [1.29, 1.82) is 0 Å². The molecule has 0 aliphatic rings. The van der Waals surface area contributed by atoms with E-state index in [9.17, 15) is 0 Å². The Bertz CT molecular complexity index is 84.3. The van der Waals surface area contributed by atoms with Crippen LogP contribution in [-0.2, 0) is 0 Å². The molecule has 0 aromatic heterocycles. The fraction of sp³-hybridized carbons (Fsp3) is 1.00. The Kier molecular flexibility index (Phi) is 8.46. The fourth-order valence-electron chi connectivity index (χ4n) is 1.65. The molecule has 0 saturated carbocycles. The van der Waals surface area contributed by atoms with Crippen LogP contribution < -0.4 is 5.32 Å². The summed E-state index contributed by atoms with van der Waals surface area (Å²) in [4.78, 5) is 2.49. The summed E-state index contributed by atoms with van der Waals surface area (Å²) in [5.74, 6) is 0. The van der Waals surface area contributed by atoms with Crippen LogP contribution in [0.15, 0.2) is 0 Å². The van der Waals surface area contributed by atoms with E-state index in [0.717, 1.165) is 6.04 Å². The van der Waals surface area contributed by atoms with E-state index < -0.39 is 0 Å². The second-order valence-corrected chi connectivity index (χ2v) is 3.56. The van der Waals surface area contributed by atoms with E-state index in [4.69, 9.17) is 0 Å². The zero-order valence-electron chi connectivity index (χ0n) is 9.77. The van der Waals surface area contributed by atoms with Crippen LogP contribution in [0.3, 0.4) is 0 Å². The van der Waals surface area contributed by atoms with Gasteiger partial charge < -0.3 is 10.2 Å². The van der Waals surface area contributed by atoms with Gasteiger partial charge in [0.1, 0.15) is 0 Å². The molecule has 0 spiro atoms. The first kappa shape index (κ1) is 12.9. The molecule has 0 aliphatic heterocycles. The van der Waals surface area contributed by atoms with E-state index in [1.54, 1.807) is 0 Å². The van der Waals surface area contributed by atoms with Gasteiger partial charge in [-0.15, -0.1) is 0 Å². The molecule has 0 fully saturated rings. The van der Waals surface area contributed by atoms with Gasteiger partial charge in [0.05, 0.1) is 0 Å². The molecule has 0 rings (SSSR count). The van der Waals surface area contributed by atoms with Crippen molar-refractivity contribution in [3.63, 3.8) is 0 Å². The molecule has 0 aromatic carbocycles. The van der Waals surface area contributed by atoms with E-state index in [-0.39, 0.29) is 0 Å². The topological polar surface area (TPSA) is 15.3 Å². The lowest BCUT2D eigenvalue weighted by atomic mass is 10.1. The zero-order chi connectivity index (χ0) is 10.1. The molecular weight excluding hydrogens is 160 g/mol. The third-order valence-electron chi connectivity index (χ3n) is 2.82. The van der Waals surface area contributed by atoms with Crippen LogP contribution in [0, 0.1) is 0 Å².